The number of hydrogen-bond acceptors (Lipinski definition) is 11. The van der Waals surface area contributed by atoms with Crippen LogP contribution in [0.1, 0.15) is 34.0 Å². The average Bonchev–Trinajstić information content (AvgIpc) is 3.72. The molecule has 0 saturated heterocycles. The molecule has 0 amide bonds. The number of carbonyl (C=O) groups excluding carboxylic acids is 1. The predicted octanol–water partition coefficient (Wildman–Crippen LogP) is 5.20. The van der Waals surface area contributed by atoms with Gasteiger partial charge in [0.1, 0.15) is 6.61 Å². The second-order valence-electron chi connectivity index (χ2n) is 9.99. The molecule has 6 rings (SSSR count). The monoisotopic (exact) mass is 607 g/mol. The second kappa shape index (κ2) is 13.4. The molecule has 0 atom stereocenters. The van der Waals surface area contributed by atoms with E-state index in [9.17, 15) is 4.79 Å². The third-order valence-electron chi connectivity index (χ3n) is 7.05. The van der Waals surface area contributed by atoms with Gasteiger partial charge in [-0.3, -0.25) is 15.0 Å². The highest BCUT2D eigenvalue weighted by Crippen LogP contribution is 2.31. The van der Waals surface area contributed by atoms with Crippen LogP contribution in [-0.2, 0) is 29.3 Å². The van der Waals surface area contributed by atoms with E-state index >= 15 is 0 Å². The molecule has 0 unspecified atom stereocenters. The summed E-state index contributed by atoms with van der Waals surface area (Å²) in [6.07, 6.45) is 0. The Labute approximate surface area is 257 Å². The Balaban J connectivity index is 1.26. The molecule has 3 N–H and O–H groups in total. The van der Waals surface area contributed by atoms with E-state index in [0.29, 0.717) is 52.7 Å². The summed E-state index contributed by atoms with van der Waals surface area (Å²) in [5, 5.41) is 31.7. The third-order valence-corrected chi connectivity index (χ3v) is 7.05. The van der Waals surface area contributed by atoms with Gasteiger partial charge in [-0.05, 0) is 52.1 Å². The van der Waals surface area contributed by atoms with E-state index in [-0.39, 0.29) is 18.6 Å². The molecule has 228 valence electrons. The molecule has 13 heteroatoms. The van der Waals surface area contributed by atoms with Crippen molar-refractivity contribution in [3.05, 3.63) is 113 Å². The summed E-state index contributed by atoms with van der Waals surface area (Å²) in [5.74, 6) is -0.00134. The fraction of sp³-hybridized carbons (Fsp3) is 0.156. The topological polar surface area (TPSA) is 161 Å². The maximum atomic E-state index is 13.4. The van der Waals surface area contributed by atoms with Crippen LogP contribution >= 0.6 is 0 Å². The Bertz CT molecular complexity index is 1910. The molecule has 13 nitrogen and oxygen atoms in total. The number of aromatic amines is 1. The second-order valence-corrected chi connectivity index (χ2v) is 9.99. The number of hydrogen-bond donors (Lipinski definition) is 3. The molecule has 0 aliphatic rings. The minimum absolute atomic E-state index is 0.00424. The smallest absolute Gasteiger partial charge is 0.340 e. The Morgan fingerprint density at radius 2 is 1.64 bits per heavy atom. The maximum Gasteiger partial charge on any atom is 0.340 e. The van der Waals surface area contributed by atoms with Gasteiger partial charge in [-0.2, -0.15) is 10.2 Å². The van der Waals surface area contributed by atoms with Gasteiger partial charge >= 0.3 is 5.97 Å². The van der Waals surface area contributed by atoms with E-state index in [0.717, 1.165) is 22.3 Å². The molecule has 0 aliphatic heterocycles. The lowest BCUT2D eigenvalue weighted by Crippen LogP contribution is -2.14. The van der Waals surface area contributed by atoms with Gasteiger partial charge in [-0.25, -0.2) is 9.63 Å². The molecule has 0 bridgehead atoms. The fourth-order valence-corrected chi connectivity index (χ4v) is 5.06. The van der Waals surface area contributed by atoms with Gasteiger partial charge in [0.2, 0.25) is 5.82 Å². The van der Waals surface area contributed by atoms with Gasteiger partial charge in [0, 0.05) is 5.56 Å². The summed E-state index contributed by atoms with van der Waals surface area (Å²) in [7, 11) is 0. The van der Waals surface area contributed by atoms with Gasteiger partial charge in [-0.15, -0.1) is 10.2 Å². The van der Waals surface area contributed by atoms with Crippen LogP contribution in [0.3, 0.4) is 0 Å². The summed E-state index contributed by atoms with van der Waals surface area (Å²) >= 11 is 0. The number of nitrogens with zero attached hydrogens (tertiary/aromatic N) is 6. The first-order valence-corrected chi connectivity index (χ1v) is 14.1. The Morgan fingerprint density at radius 3 is 2.38 bits per heavy atom. The summed E-state index contributed by atoms with van der Waals surface area (Å²) in [5.41, 5.74) is 6.75. The Morgan fingerprint density at radius 1 is 0.889 bits per heavy atom. The zero-order valence-corrected chi connectivity index (χ0v) is 24.2. The third kappa shape index (κ3) is 6.71. The van der Waals surface area contributed by atoms with Crippen LogP contribution in [-0.4, -0.2) is 58.6 Å². The lowest BCUT2D eigenvalue weighted by molar-refractivity contribution is -0.497. The molecule has 6 aromatic rings. The number of carbonyl (C=O) groups is 1. The van der Waals surface area contributed by atoms with Crippen molar-refractivity contribution < 1.29 is 29.5 Å². The number of H-pyrrole nitrogens is 1. The maximum absolute atomic E-state index is 13.4. The molecule has 0 fully saturated rings. The number of aromatic nitrogens is 6. The van der Waals surface area contributed by atoms with E-state index in [1.807, 2.05) is 66.1 Å². The number of para-hydroxylation sites is 1. The van der Waals surface area contributed by atoms with Crippen molar-refractivity contribution in [2.24, 2.45) is 0 Å². The molecule has 4 aromatic carbocycles. The highest BCUT2D eigenvalue weighted by Gasteiger charge is 2.21. The lowest BCUT2D eigenvalue weighted by atomic mass is 9.98. The first-order valence-electron chi connectivity index (χ1n) is 14.1. The summed E-state index contributed by atoms with van der Waals surface area (Å²) in [6, 6.07) is 28.7. The van der Waals surface area contributed by atoms with Gasteiger partial charge < -0.3 is 9.47 Å². The standard InChI is InChI=1S/C32H29N7O6/c1-2-43-32-33-28-12-6-11-27(31(40)44-19-22-7-5-8-23(17-22)20-45-39(41)42)29(28)38(32)18-21-13-15-24(16-14-21)25-9-3-4-10-26(25)30-34-36-37-35-30/h3-17,41-42H,2,18-20H2,1H3,(H,34,35,36,37). The SMILES string of the molecule is CCOc1nc2cccc(C(=O)OCc3cccc(CON(O)O)c3)c2n1Cc1ccc(-c2ccccc2-c2nn[nH]n2)cc1. The molecular weight excluding hydrogens is 578 g/mol. The zero-order valence-electron chi connectivity index (χ0n) is 24.2. The van der Waals surface area contributed by atoms with Crippen molar-refractivity contribution in [2.45, 2.75) is 26.7 Å². The van der Waals surface area contributed by atoms with Gasteiger partial charge in [-0.1, -0.05) is 78.9 Å². The van der Waals surface area contributed by atoms with Crippen molar-refractivity contribution >= 4 is 17.0 Å². The number of fused-ring (bicyclic) bond motifs is 1. The molecular formula is C32H29N7O6. The van der Waals surface area contributed by atoms with Crippen molar-refractivity contribution in [1.29, 1.82) is 0 Å². The van der Waals surface area contributed by atoms with Crippen molar-refractivity contribution in [3.8, 4) is 28.5 Å². The fourth-order valence-electron chi connectivity index (χ4n) is 5.06. The van der Waals surface area contributed by atoms with Crippen molar-refractivity contribution in [2.75, 3.05) is 6.61 Å². The summed E-state index contributed by atoms with van der Waals surface area (Å²) < 4.78 is 13.5. The molecule has 0 spiro atoms. The number of rotatable bonds is 12. The molecule has 0 aliphatic carbocycles. The largest absolute Gasteiger partial charge is 0.465 e. The van der Waals surface area contributed by atoms with Crippen LogP contribution < -0.4 is 4.74 Å². The van der Waals surface area contributed by atoms with Crippen molar-refractivity contribution in [1.82, 2.24) is 35.6 Å². The molecule has 2 heterocycles. The van der Waals surface area contributed by atoms with Crippen LogP contribution in [0.15, 0.2) is 91.0 Å². The normalized spacial score (nSPS) is 11.3. The quantitative estimate of drug-likeness (QED) is 0.124. The van der Waals surface area contributed by atoms with E-state index < -0.39 is 5.97 Å². The Hall–Kier alpha value is -5.47. The van der Waals surface area contributed by atoms with Gasteiger partial charge in [0.15, 0.2) is 0 Å². The van der Waals surface area contributed by atoms with Gasteiger partial charge in [0.05, 0.1) is 41.7 Å². The summed E-state index contributed by atoms with van der Waals surface area (Å²) in [4.78, 5) is 22.7. The van der Waals surface area contributed by atoms with E-state index in [1.54, 1.807) is 36.4 Å². The predicted molar refractivity (Wildman–Crippen MR) is 161 cm³/mol. The lowest BCUT2D eigenvalue weighted by Gasteiger charge is -2.13. The number of benzene rings is 4. The molecule has 0 radical (unpaired) electrons. The van der Waals surface area contributed by atoms with E-state index in [1.165, 1.54) is 0 Å². The van der Waals surface area contributed by atoms with E-state index in [2.05, 4.69) is 30.4 Å². The number of nitrogens with one attached hydrogen (secondary N) is 1. The zero-order chi connectivity index (χ0) is 31.2. The van der Waals surface area contributed by atoms with Gasteiger partial charge in [0.25, 0.3) is 6.01 Å². The highest BCUT2D eigenvalue weighted by atomic mass is 17.1. The van der Waals surface area contributed by atoms with E-state index in [4.69, 9.17) is 19.9 Å². The van der Waals surface area contributed by atoms with Crippen LogP contribution in [0.2, 0.25) is 0 Å². The molecule has 2 aromatic heterocycles. The van der Waals surface area contributed by atoms with Crippen molar-refractivity contribution in [3.63, 3.8) is 0 Å². The number of ether oxygens (including phenoxy) is 2. The number of imidazole rings is 1. The summed E-state index contributed by atoms with van der Waals surface area (Å²) in [6.45, 7) is 2.62. The molecule has 0 saturated carbocycles. The molecule has 45 heavy (non-hydrogen) atoms. The average molecular weight is 608 g/mol. The van der Waals surface area contributed by atoms with Crippen LogP contribution in [0.25, 0.3) is 33.5 Å². The Kier molecular flexibility index (Phi) is 8.84. The van der Waals surface area contributed by atoms with Crippen LogP contribution in [0.5, 0.6) is 6.01 Å². The minimum atomic E-state index is -0.517. The first kappa shape index (κ1) is 29.6. The number of esters is 1. The van der Waals surface area contributed by atoms with Crippen LogP contribution in [0, 0.1) is 0 Å². The first-order chi connectivity index (χ1) is 22.0. The van der Waals surface area contributed by atoms with Crippen LogP contribution in [0.4, 0.5) is 0 Å². The number of tetrazole rings is 1. The minimum Gasteiger partial charge on any atom is -0.465 e. The highest BCUT2D eigenvalue weighted by molar-refractivity contribution is 6.02.